The third-order valence-corrected chi connectivity index (χ3v) is 14.0. The number of furan rings is 1. The molecule has 0 saturated carbocycles. The maximum absolute atomic E-state index is 7.10. The second-order valence-corrected chi connectivity index (χ2v) is 17.7. The maximum atomic E-state index is 7.10. The zero-order valence-corrected chi connectivity index (χ0v) is 37.9. The van der Waals surface area contributed by atoms with E-state index < -0.39 is 0 Å². The Morgan fingerprint density at radius 1 is 0.268 bits per heavy atom. The van der Waals surface area contributed by atoms with E-state index in [0.717, 1.165) is 44.6 Å². The van der Waals surface area contributed by atoms with E-state index in [9.17, 15) is 0 Å². The average molecular weight is 855 g/mol. The normalized spacial score (nSPS) is 11.8. The lowest BCUT2D eigenvalue weighted by atomic mass is 9.58. The first kappa shape index (κ1) is 47.3. The summed E-state index contributed by atoms with van der Waals surface area (Å²) >= 11 is 0. The van der Waals surface area contributed by atoms with E-state index in [1.165, 1.54) is 0 Å². The Hall–Kier alpha value is -6.06. The SMILES string of the molecule is [B]c1c([B])c([B])c2c(cc(-c3ccc(N(c4ccc(-c5c([B])c6c([B])c([B])c([B])c([B])c6c6c([B])c([B])c([B])c([B])c56)cc4)c4ccc5oc6ccccc6c5c4)cc3)c3c([B])c([B])c([B])c([B])c32)c1[B]. The minimum Gasteiger partial charge on any atom is -0.456 e. The highest BCUT2D eigenvalue weighted by Gasteiger charge is 2.24. The molecule has 0 aliphatic carbocycles. The van der Waals surface area contributed by atoms with E-state index in [-0.39, 0.29) is 92.9 Å². The standard InChI is InChI=1S/C52H16B17NO/c53-36-25-16-23(29-32(30(25)39(56)46(63)45(36)62)41(58)49(66)47(64)38(29)55)17-5-9-19(10-6-17)70(21-13-14-27-24(15-21)22-3-1-2-4-26(22)71-27)20-11-7-18(8-12-20)28-31-33(42(59)50(67)48(65)40(31)57)34-35(37(28)54)44(61)52(69)51(68)43(34)60/h1-16H. The van der Waals surface area contributed by atoms with E-state index >= 15 is 0 Å². The molecule has 0 aliphatic rings. The Morgan fingerprint density at radius 3 is 1.24 bits per heavy atom. The Bertz CT molecular complexity index is 4190. The Balaban J connectivity index is 1.13. The van der Waals surface area contributed by atoms with Crippen molar-refractivity contribution in [1.29, 1.82) is 0 Å². The summed E-state index contributed by atoms with van der Waals surface area (Å²) in [7, 11) is 112. The summed E-state index contributed by atoms with van der Waals surface area (Å²) in [4.78, 5) is 2.09. The van der Waals surface area contributed by atoms with Crippen LogP contribution in [-0.4, -0.2) is 133 Å². The Labute approximate surface area is 434 Å². The lowest BCUT2D eigenvalue weighted by molar-refractivity contribution is 0.669. The van der Waals surface area contributed by atoms with Crippen molar-refractivity contribution in [1.82, 2.24) is 0 Å². The van der Waals surface area contributed by atoms with Gasteiger partial charge in [-0.05, 0) is 120 Å². The van der Waals surface area contributed by atoms with Crippen LogP contribution in [0, 0.1) is 0 Å². The van der Waals surface area contributed by atoms with Crippen LogP contribution in [0.4, 0.5) is 17.1 Å². The van der Waals surface area contributed by atoms with Gasteiger partial charge in [-0.2, -0.15) is 0 Å². The van der Waals surface area contributed by atoms with Crippen LogP contribution in [0.15, 0.2) is 101 Å². The highest BCUT2D eigenvalue weighted by molar-refractivity contribution is 6.75. The highest BCUT2D eigenvalue weighted by atomic mass is 16.3. The van der Waals surface area contributed by atoms with E-state index in [2.05, 4.69) is 11.0 Å². The molecule has 11 aromatic rings. The molecule has 19 heteroatoms. The van der Waals surface area contributed by atoms with Crippen molar-refractivity contribution >= 4 is 308 Å². The minimum atomic E-state index is 0.0657. The summed E-state index contributed by atoms with van der Waals surface area (Å²) in [6.07, 6.45) is 0. The number of anilines is 3. The number of rotatable bonds is 5. The van der Waals surface area contributed by atoms with Crippen molar-refractivity contribution in [2.24, 2.45) is 0 Å². The van der Waals surface area contributed by atoms with Crippen molar-refractivity contribution in [2.75, 3.05) is 4.90 Å². The number of fused-ring (bicyclic) bond motifs is 9. The lowest BCUT2D eigenvalue weighted by Gasteiger charge is -2.28. The first-order valence-electron chi connectivity index (χ1n) is 22.0. The number of nitrogens with zero attached hydrogens (tertiary/aromatic N) is 1. The van der Waals surface area contributed by atoms with Crippen LogP contribution < -0.4 is 97.8 Å². The predicted molar refractivity (Wildman–Crippen MR) is 321 cm³/mol. The Kier molecular flexibility index (Phi) is 11.3. The van der Waals surface area contributed by atoms with Crippen LogP contribution in [0.1, 0.15) is 0 Å². The fourth-order valence-corrected chi connectivity index (χ4v) is 10.2. The van der Waals surface area contributed by atoms with Crippen LogP contribution in [0.25, 0.3) is 87.3 Å². The molecule has 1 aromatic heterocycles. The first-order chi connectivity index (χ1) is 33.8. The summed E-state index contributed by atoms with van der Waals surface area (Å²) in [6, 6.07) is 31.3. The minimum absolute atomic E-state index is 0.0657. The van der Waals surface area contributed by atoms with E-state index in [1.54, 1.807) is 0 Å². The van der Waals surface area contributed by atoms with Crippen molar-refractivity contribution in [3.8, 4) is 22.3 Å². The molecule has 2 nitrogen and oxygen atoms in total. The van der Waals surface area contributed by atoms with Gasteiger partial charge in [-0.3, -0.25) is 0 Å². The largest absolute Gasteiger partial charge is 0.456 e. The smallest absolute Gasteiger partial charge is 0.135 e. The molecule has 71 heavy (non-hydrogen) atoms. The van der Waals surface area contributed by atoms with Gasteiger partial charge in [-0.15, -0.1) is 43.7 Å². The molecule has 34 radical (unpaired) electrons. The van der Waals surface area contributed by atoms with Crippen molar-refractivity contribution in [3.63, 3.8) is 0 Å². The van der Waals surface area contributed by atoms with Gasteiger partial charge in [0.05, 0.1) is 0 Å². The summed E-state index contributed by atoms with van der Waals surface area (Å²) in [6.45, 7) is 0. The van der Waals surface area contributed by atoms with Gasteiger partial charge in [-0.1, -0.05) is 91.6 Å². The number of hydrogen-bond acceptors (Lipinski definition) is 2. The summed E-state index contributed by atoms with van der Waals surface area (Å²) in [5.74, 6) is 0. The molecule has 0 saturated heterocycles. The monoisotopic (exact) mass is 857 g/mol. The van der Waals surface area contributed by atoms with Crippen molar-refractivity contribution < 1.29 is 4.42 Å². The molecule has 11 rings (SSSR count). The topological polar surface area (TPSA) is 16.4 Å². The van der Waals surface area contributed by atoms with E-state index in [0.29, 0.717) is 59.8 Å². The van der Waals surface area contributed by atoms with Gasteiger partial charge in [0, 0.05) is 27.8 Å². The highest BCUT2D eigenvalue weighted by Crippen LogP contribution is 2.41. The van der Waals surface area contributed by atoms with Gasteiger partial charge in [-0.25, -0.2) is 0 Å². The van der Waals surface area contributed by atoms with Crippen LogP contribution in [0.3, 0.4) is 0 Å². The molecule has 0 fully saturated rings. The van der Waals surface area contributed by atoms with Crippen LogP contribution >= 0.6 is 0 Å². The van der Waals surface area contributed by atoms with Gasteiger partial charge >= 0.3 is 0 Å². The summed E-state index contributed by atoms with van der Waals surface area (Å²) < 4.78 is 6.23. The van der Waals surface area contributed by atoms with E-state index in [1.807, 2.05) is 91.0 Å². The molecule has 1 heterocycles. The quantitative estimate of drug-likeness (QED) is 0.127. The number of para-hydroxylation sites is 1. The van der Waals surface area contributed by atoms with Crippen molar-refractivity contribution in [3.05, 3.63) is 97.1 Å². The second-order valence-electron chi connectivity index (χ2n) is 17.7. The zero-order chi connectivity index (χ0) is 50.4. The van der Waals surface area contributed by atoms with Gasteiger partial charge in [0.15, 0.2) is 0 Å². The van der Waals surface area contributed by atoms with E-state index in [4.69, 9.17) is 138 Å². The van der Waals surface area contributed by atoms with Crippen LogP contribution in [-0.2, 0) is 0 Å². The fraction of sp³-hybridized carbons (Fsp3) is 0. The molecule has 0 aliphatic heterocycles. The van der Waals surface area contributed by atoms with Gasteiger partial charge in [0.1, 0.15) is 145 Å². The molecule has 0 N–H and O–H groups in total. The first-order valence-corrected chi connectivity index (χ1v) is 22.0. The maximum Gasteiger partial charge on any atom is 0.135 e. The summed E-state index contributed by atoms with van der Waals surface area (Å²) in [5, 5.41) is 5.27. The van der Waals surface area contributed by atoms with Gasteiger partial charge in [0.25, 0.3) is 0 Å². The fourth-order valence-electron chi connectivity index (χ4n) is 10.2. The summed E-state index contributed by atoms with van der Waals surface area (Å²) in [5.41, 5.74) is 8.53. The van der Waals surface area contributed by atoms with Gasteiger partial charge in [0.2, 0.25) is 0 Å². The zero-order valence-electron chi connectivity index (χ0n) is 37.9. The third-order valence-electron chi connectivity index (χ3n) is 14.0. The van der Waals surface area contributed by atoms with Crippen molar-refractivity contribution in [2.45, 2.75) is 0 Å². The Morgan fingerprint density at radius 2 is 0.676 bits per heavy atom. The molecule has 286 valence electrons. The number of benzene rings is 10. The molecule has 0 spiro atoms. The molecular weight excluding hydrogens is 838 g/mol. The molecule has 0 amide bonds. The molecule has 10 aromatic carbocycles. The molecular formula is C52H16B17NO. The molecule has 0 atom stereocenters. The second kappa shape index (κ2) is 17.0. The van der Waals surface area contributed by atoms with Crippen LogP contribution in [0.2, 0.25) is 0 Å². The predicted octanol–water partition coefficient (Wildman–Crippen LogP) is -5.50. The average Bonchev–Trinajstić information content (AvgIpc) is 3.75. The van der Waals surface area contributed by atoms with Gasteiger partial charge < -0.3 is 9.32 Å². The van der Waals surface area contributed by atoms with Crippen LogP contribution in [0.5, 0.6) is 0 Å². The third kappa shape index (κ3) is 6.80. The lowest BCUT2D eigenvalue weighted by Crippen LogP contribution is -2.51. The molecule has 0 unspecified atom stereocenters. The molecule has 0 bridgehead atoms. The number of hydrogen-bond donors (Lipinski definition) is 0.